The third-order valence-corrected chi connectivity index (χ3v) is 5.59. The first-order valence-corrected chi connectivity index (χ1v) is 9.02. The summed E-state index contributed by atoms with van der Waals surface area (Å²) in [6.45, 7) is 3.80. The average Bonchev–Trinajstić information content (AvgIpc) is 3.05. The smallest absolute Gasteiger partial charge is 0.330 e. The fraction of sp³-hybridized carbons (Fsp3) is 0.733. The molecule has 2 rings (SSSR count). The van der Waals surface area contributed by atoms with Crippen LogP contribution >= 0.6 is 11.8 Å². The van der Waals surface area contributed by atoms with Crippen LogP contribution in [-0.4, -0.2) is 65.0 Å². The molecular formula is C15H23N3O5S. The van der Waals surface area contributed by atoms with Gasteiger partial charge in [-0.3, -0.25) is 14.4 Å². The van der Waals surface area contributed by atoms with E-state index in [0.717, 1.165) is 6.42 Å². The van der Waals surface area contributed by atoms with E-state index < -0.39 is 24.5 Å². The molecule has 2 aliphatic heterocycles. The summed E-state index contributed by atoms with van der Waals surface area (Å²) in [6.07, 6.45) is 1.96. The van der Waals surface area contributed by atoms with Crippen LogP contribution in [0, 0.1) is 0 Å². The highest BCUT2D eigenvalue weighted by Crippen LogP contribution is 2.47. The van der Waals surface area contributed by atoms with Crippen molar-refractivity contribution in [1.29, 1.82) is 0 Å². The fourth-order valence-electron chi connectivity index (χ4n) is 2.78. The summed E-state index contributed by atoms with van der Waals surface area (Å²) in [6, 6.07) is -0.643. The standard InChI is InChI=1S/C15H23N3O5S/c1-3-6-16-11(19)7-17-12(20)8-23-14(22)10-9-24-15(2)5-4-13(21)18(10)15/h10H,3-9H2,1-2H3,(H,16,19)(H,17,20)/t10-,15+/m1/s1. The number of nitrogens with one attached hydrogen (secondary N) is 2. The maximum Gasteiger partial charge on any atom is 0.330 e. The van der Waals surface area contributed by atoms with Gasteiger partial charge in [-0.15, -0.1) is 11.8 Å². The molecule has 9 heteroatoms. The van der Waals surface area contributed by atoms with Crippen molar-refractivity contribution >= 4 is 35.5 Å². The zero-order chi connectivity index (χ0) is 17.7. The monoisotopic (exact) mass is 357 g/mol. The average molecular weight is 357 g/mol. The summed E-state index contributed by atoms with van der Waals surface area (Å²) < 4.78 is 5.01. The van der Waals surface area contributed by atoms with Crippen LogP contribution in [0.25, 0.3) is 0 Å². The second-order valence-electron chi connectivity index (χ2n) is 6.00. The van der Waals surface area contributed by atoms with E-state index in [1.165, 1.54) is 0 Å². The predicted molar refractivity (Wildman–Crippen MR) is 88.0 cm³/mol. The summed E-state index contributed by atoms with van der Waals surface area (Å²) in [5, 5.41) is 5.01. The van der Waals surface area contributed by atoms with E-state index in [1.54, 1.807) is 16.7 Å². The van der Waals surface area contributed by atoms with Gasteiger partial charge in [0.25, 0.3) is 5.91 Å². The second kappa shape index (κ2) is 7.87. The maximum atomic E-state index is 12.2. The number of hydrogen-bond acceptors (Lipinski definition) is 6. The highest BCUT2D eigenvalue weighted by molar-refractivity contribution is 8.01. The van der Waals surface area contributed by atoms with Crippen molar-refractivity contribution in [3.8, 4) is 0 Å². The minimum atomic E-state index is -0.643. The van der Waals surface area contributed by atoms with Gasteiger partial charge in [0.1, 0.15) is 6.04 Å². The number of ether oxygens (including phenoxy) is 1. The minimum Gasteiger partial charge on any atom is -0.454 e. The van der Waals surface area contributed by atoms with Gasteiger partial charge in [-0.25, -0.2) is 4.79 Å². The minimum absolute atomic E-state index is 0.0542. The lowest BCUT2D eigenvalue weighted by atomic mass is 10.2. The Morgan fingerprint density at radius 2 is 2.08 bits per heavy atom. The van der Waals surface area contributed by atoms with Crippen LogP contribution in [0.2, 0.25) is 0 Å². The van der Waals surface area contributed by atoms with E-state index in [-0.39, 0.29) is 23.2 Å². The summed E-state index contributed by atoms with van der Waals surface area (Å²) in [5.74, 6) is -0.992. The van der Waals surface area contributed by atoms with Gasteiger partial charge < -0.3 is 20.3 Å². The molecule has 3 amide bonds. The van der Waals surface area contributed by atoms with Gasteiger partial charge in [0.15, 0.2) is 6.61 Å². The molecule has 0 bridgehead atoms. The summed E-state index contributed by atoms with van der Waals surface area (Å²) in [7, 11) is 0. The second-order valence-corrected chi connectivity index (χ2v) is 7.50. The highest BCUT2D eigenvalue weighted by Gasteiger charge is 2.53. The van der Waals surface area contributed by atoms with Gasteiger partial charge in [0.2, 0.25) is 11.8 Å². The summed E-state index contributed by atoms with van der Waals surface area (Å²) in [5.41, 5.74) is 0. The molecule has 0 aromatic heterocycles. The Labute approximate surface area is 145 Å². The Morgan fingerprint density at radius 1 is 1.33 bits per heavy atom. The Bertz CT molecular complexity index is 541. The molecule has 0 spiro atoms. The molecule has 134 valence electrons. The SMILES string of the molecule is CCCNC(=O)CNC(=O)COC(=O)[C@H]1CS[C@@]2(C)CCC(=O)N12. The van der Waals surface area contributed by atoms with Gasteiger partial charge in [0.05, 0.1) is 11.4 Å². The number of hydrogen-bond donors (Lipinski definition) is 2. The zero-order valence-corrected chi connectivity index (χ0v) is 14.7. The molecule has 2 atom stereocenters. The molecule has 2 aliphatic rings. The number of nitrogens with zero attached hydrogens (tertiary/aromatic N) is 1. The molecule has 2 fully saturated rings. The number of carbonyl (C=O) groups excluding carboxylic acids is 4. The third kappa shape index (κ3) is 4.19. The van der Waals surface area contributed by atoms with Crippen LogP contribution in [0.1, 0.15) is 33.1 Å². The summed E-state index contributed by atoms with van der Waals surface area (Å²) in [4.78, 5) is 48.4. The van der Waals surface area contributed by atoms with Crippen molar-refractivity contribution in [3.05, 3.63) is 0 Å². The topological polar surface area (TPSA) is 105 Å². The lowest BCUT2D eigenvalue weighted by Crippen LogP contribution is -2.47. The summed E-state index contributed by atoms with van der Waals surface area (Å²) >= 11 is 1.56. The number of esters is 1. The Morgan fingerprint density at radius 3 is 2.79 bits per heavy atom. The van der Waals surface area contributed by atoms with Gasteiger partial charge >= 0.3 is 5.97 Å². The number of fused-ring (bicyclic) bond motifs is 1. The van der Waals surface area contributed by atoms with Crippen LogP contribution in [0.4, 0.5) is 0 Å². The van der Waals surface area contributed by atoms with Crippen LogP contribution < -0.4 is 10.6 Å². The van der Waals surface area contributed by atoms with Crippen molar-refractivity contribution < 1.29 is 23.9 Å². The normalized spacial score (nSPS) is 25.3. The molecule has 2 heterocycles. The third-order valence-electron chi connectivity index (χ3n) is 4.08. The van der Waals surface area contributed by atoms with E-state index in [0.29, 0.717) is 25.1 Å². The number of thioether (sulfide) groups is 1. The van der Waals surface area contributed by atoms with E-state index in [1.807, 2.05) is 13.8 Å². The van der Waals surface area contributed by atoms with Crippen LogP contribution in [0.3, 0.4) is 0 Å². The first kappa shape index (κ1) is 18.6. The molecule has 2 N–H and O–H groups in total. The molecular weight excluding hydrogens is 334 g/mol. The van der Waals surface area contributed by atoms with E-state index in [9.17, 15) is 19.2 Å². The van der Waals surface area contributed by atoms with Crippen molar-refractivity contribution in [2.75, 3.05) is 25.4 Å². The van der Waals surface area contributed by atoms with Crippen molar-refractivity contribution in [1.82, 2.24) is 15.5 Å². The predicted octanol–water partition coefficient (Wildman–Crippen LogP) is -0.374. The van der Waals surface area contributed by atoms with Gasteiger partial charge in [-0.1, -0.05) is 6.92 Å². The molecule has 0 aliphatic carbocycles. The quantitative estimate of drug-likeness (QED) is 0.602. The van der Waals surface area contributed by atoms with E-state index >= 15 is 0 Å². The first-order chi connectivity index (χ1) is 11.4. The lowest BCUT2D eigenvalue weighted by molar-refractivity contribution is -0.156. The molecule has 2 saturated heterocycles. The molecule has 24 heavy (non-hydrogen) atoms. The van der Waals surface area contributed by atoms with Crippen molar-refractivity contribution in [2.45, 2.75) is 44.0 Å². The zero-order valence-electron chi connectivity index (χ0n) is 13.9. The molecule has 0 unspecified atom stereocenters. The molecule has 8 nitrogen and oxygen atoms in total. The van der Waals surface area contributed by atoms with E-state index in [4.69, 9.17) is 4.74 Å². The Hall–Kier alpha value is -1.77. The lowest BCUT2D eigenvalue weighted by Gasteiger charge is -2.29. The number of amides is 3. The van der Waals surface area contributed by atoms with Gasteiger partial charge in [0, 0.05) is 18.7 Å². The van der Waals surface area contributed by atoms with Crippen LogP contribution in [-0.2, 0) is 23.9 Å². The van der Waals surface area contributed by atoms with E-state index in [2.05, 4.69) is 10.6 Å². The van der Waals surface area contributed by atoms with Crippen molar-refractivity contribution in [2.24, 2.45) is 0 Å². The van der Waals surface area contributed by atoms with Crippen LogP contribution in [0.5, 0.6) is 0 Å². The van der Waals surface area contributed by atoms with Crippen molar-refractivity contribution in [3.63, 3.8) is 0 Å². The molecule has 0 aromatic carbocycles. The number of rotatable bonds is 7. The largest absolute Gasteiger partial charge is 0.454 e. The van der Waals surface area contributed by atoms with Gasteiger partial charge in [-0.2, -0.15) is 0 Å². The molecule has 0 saturated carbocycles. The number of carbonyl (C=O) groups is 4. The Kier molecular flexibility index (Phi) is 6.09. The molecule has 0 aromatic rings. The highest BCUT2D eigenvalue weighted by atomic mass is 32.2. The molecule has 0 radical (unpaired) electrons. The first-order valence-electron chi connectivity index (χ1n) is 8.03. The Balaban J connectivity index is 1.74. The fourth-order valence-corrected chi connectivity index (χ4v) is 4.20. The van der Waals surface area contributed by atoms with Crippen LogP contribution in [0.15, 0.2) is 0 Å². The van der Waals surface area contributed by atoms with Gasteiger partial charge in [-0.05, 0) is 19.8 Å². The maximum absolute atomic E-state index is 12.2.